The molecule has 0 aliphatic heterocycles. The number of nitriles is 1. The lowest BCUT2D eigenvalue weighted by Crippen LogP contribution is -1.97. The molecule has 0 N–H and O–H groups in total. The third-order valence-corrected chi connectivity index (χ3v) is 11.1. The van der Waals surface area contributed by atoms with Gasteiger partial charge in [-0.25, -0.2) is 0 Å². The molecule has 4 heterocycles. The molecular formula is C49H27N3O2. The van der Waals surface area contributed by atoms with Crippen LogP contribution in [0.15, 0.2) is 173 Å². The van der Waals surface area contributed by atoms with Gasteiger partial charge in [-0.1, -0.05) is 84.9 Å². The van der Waals surface area contributed by atoms with Gasteiger partial charge in [0.2, 0.25) is 0 Å². The SMILES string of the molecule is N#Cc1ccc(-n2c3ccccc3c3cc4oc5ccccc5c4cc32)cc1-c1cccc(-n2c3ccccc3c3cc4oc5ccccc5c4cc32)c1. The molecule has 0 bridgehead atoms. The largest absolute Gasteiger partial charge is 0.456 e. The number of hydrogen-bond acceptors (Lipinski definition) is 3. The van der Waals surface area contributed by atoms with E-state index >= 15 is 0 Å². The predicted molar refractivity (Wildman–Crippen MR) is 220 cm³/mol. The van der Waals surface area contributed by atoms with Crippen LogP contribution in [0.3, 0.4) is 0 Å². The molecule has 0 spiro atoms. The standard InChI is InChI=1S/C49H27N3O2/c50-28-30-20-21-32(52-43-17-6-2-13-34(43)39-27-49-41(25-45(39)52)36-15-4-8-19-47(36)54-49)23-37(30)29-10-9-11-31(22-29)51-42-16-5-1-12-33(42)38-26-48-40(24-44(38)51)35-14-3-7-18-46(35)53-48/h1-27H. The van der Waals surface area contributed by atoms with E-state index in [4.69, 9.17) is 8.83 Å². The fourth-order valence-electron chi connectivity index (χ4n) is 8.75. The van der Waals surface area contributed by atoms with Crippen molar-refractivity contribution in [2.45, 2.75) is 0 Å². The molecular weight excluding hydrogens is 663 g/mol. The molecule has 0 aliphatic carbocycles. The van der Waals surface area contributed by atoms with Gasteiger partial charge >= 0.3 is 0 Å². The Balaban J connectivity index is 1.08. The van der Waals surface area contributed by atoms with E-state index in [0.717, 1.165) is 110 Å². The first-order valence-corrected chi connectivity index (χ1v) is 18.1. The summed E-state index contributed by atoms with van der Waals surface area (Å²) in [4.78, 5) is 0. The molecule has 5 nitrogen and oxygen atoms in total. The number of rotatable bonds is 3. The number of fused-ring (bicyclic) bond motifs is 12. The minimum atomic E-state index is 0.619. The molecule has 12 aromatic rings. The Morgan fingerprint density at radius 1 is 0.370 bits per heavy atom. The normalized spacial score (nSPS) is 12.1. The van der Waals surface area contributed by atoms with Crippen LogP contribution in [0.2, 0.25) is 0 Å². The van der Waals surface area contributed by atoms with Gasteiger partial charge in [-0.3, -0.25) is 0 Å². The summed E-state index contributed by atoms with van der Waals surface area (Å²) in [5.74, 6) is 0. The van der Waals surface area contributed by atoms with Gasteiger partial charge in [0.05, 0.1) is 33.7 Å². The first-order valence-electron chi connectivity index (χ1n) is 18.1. The summed E-state index contributed by atoms with van der Waals surface area (Å²) in [6.45, 7) is 0. The van der Waals surface area contributed by atoms with Crippen molar-refractivity contribution < 1.29 is 8.83 Å². The Hall–Kier alpha value is -7.55. The van der Waals surface area contributed by atoms with E-state index in [9.17, 15) is 5.26 Å². The van der Waals surface area contributed by atoms with E-state index in [-0.39, 0.29) is 0 Å². The van der Waals surface area contributed by atoms with Crippen molar-refractivity contribution in [3.63, 3.8) is 0 Å². The lowest BCUT2D eigenvalue weighted by Gasteiger charge is -2.14. The van der Waals surface area contributed by atoms with Gasteiger partial charge in [0.1, 0.15) is 22.3 Å². The van der Waals surface area contributed by atoms with E-state index in [0.29, 0.717) is 5.56 Å². The third kappa shape index (κ3) is 3.97. The maximum Gasteiger partial charge on any atom is 0.136 e. The van der Waals surface area contributed by atoms with Crippen molar-refractivity contribution in [1.82, 2.24) is 9.13 Å². The molecule has 54 heavy (non-hydrogen) atoms. The molecule has 250 valence electrons. The first kappa shape index (κ1) is 29.1. The van der Waals surface area contributed by atoms with Gasteiger partial charge in [0.15, 0.2) is 0 Å². The molecule has 12 rings (SSSR count). The Bertz CT molecular complexity index is 3590. The Labute approximate surface area is 307 Å². The van der Waals surface area contributed by atoms with Crippen molar-refractivity contribution >= 4 is 87.5 Å². The molecule has 0 amide bonds. The van der Waals surface area contributed by atoms with Crippen LogP contribution < -0.4 is 0 Å². The van der Waals surface area contributed by atoms with Crippen LogP contribution in [0.5, 0.6) is 0 Å². The molecule has 8 aromatic carbocycles. The number of nitrogens with zero attached hydrogens (tertiary/aromatic N) is 3. The highest BCUT2D eigenvalue weighted by molar-refractivity contribution is 6.18. The zero-order valence-corrected chi connectivity index (χ0v) is 28.7. The van der Waals surface area contributed by atoms with Crippen LogP contribution in [0.25, 0.3) is 110 Å². The summed E-state index contributed by atoms with van der Waals surface area (Å²) >= 11 is 0. The topological polar surface area (TPSA) is 59.9 Å². The zero-order chi connectivity index (χ0) is 35.5. The fraction of sp³-hybridized carbons (Fsp3) is 0. The number of hydrogen-bond donors (Lipinski definition) is 0. The van der Waals surface area contributed by atoms with Gasteiger partial charge in [-0.15, -0.1) is 0 Å². The van der Waals surface area contributed by atoms with Gasteiger partial charge in [-0.05, 0) is 84.4 Å². The molecule has 0 fully saturated rings. The summed E-state index contributed by atoms with van der Waals surface area (Å²) in [6, 6.07) is 59.5. The van der Waals surface area contributed by atoms with Crippen LogP contribution in [0.1, 0.15) is 5.56 Å². The van der Waals surface area contributed by atoms with Crippen LogP contribution in [-0.4, -0.2) is 9.13 Å². The van der Waals surface area contributed by atoms with E-state index < -0.39 is 0 Å². The lowest BCUT2D eigenvalue weighted by molar-refractivity contribution is 0.669. The summed E-state index contributed by atoms with van der Waals surface area (Å²) < 4.78 is 17.3. The second kappa shape index (κ2) is 10.7. The second-order valence-electron chi connectivity index (χ2n) is 14.0. The summed E-state index contributed by atoms with van der Waals surface area (Å²) in [7, 11) is 0. The number of aromatic nitrogens is 2. The van der Waals surface area contributed by atoms with Crippen molar-refractivity contribution in [2.75, 3.05) is 0 Å². The smallest absolute Gasteiger partial charge is 0.136 e. The molecule has 0 atom stereocenters. The third-order valence-electron chi connectivity index (χ3n) is 11.1. The average Bonchev–Trinajstić information content (AvgIpc) is 3.96. The Morgan fingerprint density at radius 2 is 0.889 bits per heavy atom. The quantitative estimate of drug-likeness (QED) is 0.185. The minimum absolute atomic E-state index is 0.619. The van der Waals surface area contributed by atoms with Crippen LogP contribution >= 0.6 is 0 Å². The second-order valence-corrected chi connectivity index (χ2v) is 14.0. The maximum absolute atomic E-state index is 10.5. The number of benzene rings is 8. The molecule has 0 saturated carbocycles. The van der Waals surface area contributed by atoms with Crippen molar-refractivity contribution in [2.24, 2.45) is 0 Å². The van der Waals surface area contributed by atoms with Crippen LogP contribution in [0.4, 0.5) is 0 Å². The van der Waals surface area contributed by atoms with Crippen LogP contribution in [-0.2, 0) is 0 Å². The number of para-hydroxylation sites is 4. The van der Waals surface area contributed by atoms with E-state index in [1.54, 1.807) is 0 Å². The first-order chi connectivity index (χ1) is 26.7. The van der Waals surface area contributed by atoms with E-state index in [1.165, 1.54) is 0 Å². The monoisotopic (exact) mass is 689 g/mol. The van der Waals surface area contributed by atoms with Gasteiger partial charge < -0.3 is 18.0 Å². The highest BCUT2D eigenvalue weighted by Gasteiger charge is 2.20. The zero-order valence-electron chi connectivity index (χ0n) is 28.7. The number of furan rings is 2. The maximum atomic E-state index is 10.5. The van der Waals surface area contributed by atoms with E-state index in [2.05, 4.69) is 149 Å². The van der Waals surface area contributed by atoms with Crippen molar-refractivity contribution in [3.8, 4) is 28.6 Å². The molecule has 5 heteroatoms. The Kier molecular flexibility index (Phi) is 5.78. The highest BCUT2D eigenvalue weighted by atomic mass is 16.3. The molecule has 0 aliphatic rings. The summed E-state index contributed by atoms with van der Waals surface area (Å²) in [6.07, 6.45) is 0. The van der Waals surface area contributed by atoms with Gasteiger partial charge in [-0.2, -0.15) is 5.26 Å². The van der Waals surface area contributed by atoms with Crippen LogP contribution in [0, 0.1) is 11.3 Å². The molecule has 4 aromatic heterocycles. The molecule has 0 saturated heterocycles. The van der Waals surface area contributed by atoms with Crippen molar-refractivity contribution in [3.05, 3.63) is 169 Å². The average molecular weight is 690 g/mol. The van der Waals surface area contributed by atoms with Crippen molar-refractivity contribution in [1.29, 1.82) is 5.26 Å². The fourth-order valence-corrected chi connectivity index (χ4v) is 8.75. The Morgan fingerprint density at radius 3 is 1.46 bits per heavy atom. The van der Waals surface area contributed by atoms with Gasteiger partial charge in [0.25, 0.3) is 0 Å². The minimum Gasteiger partial charge on any atom is -0.456 e. The summed E-state index contributed by atoms with van der Waals surface area (Å²) in [5.41, 5.74) is 12.4. The lowest BCUT2D eigenvalue weighted by atomic mass is 9.98. The molecule has 0 unspecified atom stereocenters. The predicted octanol–water partition coefficient (Wildman–Crippen LogP) is 13.2. The summed E-state index contributed by atoms with van der Waals surface area (Å²) in [5, 5.41) is 19.4. The van der Waals surface area contributed by atoms with E-state index in [1.807, 2.05) is 30.3 Å². The van der Waals surface area contributed by atoms with Gasteiger partial charge in [0, 0.05) is 60.0 Å². The molecule has 0 radical (unpaired) electrons. The highest BCUT2D eigenvalue weighted by Crippen LogP contribution is 2.41.